The molecule has 156 valence electrons. The number of hydrogen-bond donors (Lipinski definition) is 1. The van der Waals surface area contributed by atoms with Crippen LogP contribution in [-0.4, -0.2) is 48.2 Å². The number of ether oxygens (including phenoxy) is 2. The quantitative estimate of drug-likeness (QED) is 0.672. The fourth-order valence-electron chi connectivity index (χ4n) is 3.77. The first kappa shape index (κ1) is 19.9. The first-order chi connectivity index (χ1) is 14.7. The Morgan fingerprint density at radius 3 is 2.67 bits per heavy atom. The van der Waals surface area contributed by atoms with Gasteiger partial charge in [0, 0.05) is 43.5 Å². The van der Waals surface area contributed by atoms with Crippen molar-refractivity contribution >= 4 is 22.8 Å². The molecular formula is C22H25N5O3. The van der Waals surface area contributed by atoms with Gasteiger partial charge in [0.15, 0.2) is 5.65 Å². The van der Waals surface area contributed by atoms with Crippen molar-refractivity contribution < 1.29 is 14.3 Å². The number of hydrogen-bond acceptors (Lipinski definition) is 7. The third-order valence-electron chi connectivity index (χ3n) is 5.48. The Morgan fingerprint density at radius 2 is 1.90 bits per heavy atom. The first-order valence-electron chi connectivity index (χ1n) is 9.98. The van der Waals surface area contributed by atoms with Crippen LogP contribution in [0.4, 0.5) is 5.69 Å². The van der Waals surface area contributed by atoms with Crippen molar-refractivity contribution in [3.63, 3.8) is 0 Å². The van der Waals surface area contributed by atoms with Crippen molar-refractivity contribution in [1.82, 2.24) is 20.3 Å². The molecule has 0 radical (unpaired) electrons. The molecule has 1 N–H and O–H groups in total. The van der Waals surface area contributed by atoms with E-state index in [0.29, 0.717) is 12.2 Å². The fraction of sp³-hybridized carbons (Fsp3) is 0.364. The molecule has 30 heavy (non-hydrogen) atoms. The van der Waals surface area contributed by atoms with Crippen LogP contribution in [0.15, 0.2) is 42.9 Å². The van der Waals surface area contributed by atoms with E-state index in [1.165, 1.54) is 0 Å². The van der Waals surface area contributed by atoms with Gasteiger partial charge in [0.05, 0.1) is 26.1 Å². The number of benzene rings is 1. The number of fused-ring (bicyclic) bond motifs is 1. The molecule has 1 aliphatic heterocycles. The topological polar surface area (TPSA) is 89.5 Å². The highest BCUT2D eigenvalue weighted by Crippen LogP contribution is 2.26. The lowest BCUT2D eigenvalue weighted by Crippen LogP contribution is -2.40. The van der Waals surface area contributed by atoms with Crippen molar-refractivity contribution in [2.24, 2.45) is 5.92 Å². The summed E-state index contributed by atoms with van der Waals surface area (Å²) in [6.07, 6.45) is 6.72. The Bertz CT molecular complexity index is 1030. The van der Waals surface area contributed by atoms with Gasteiger partial charge >= 0.3 is 0 Å². The van der Waals surface area contributed by atoms with E-state index in [1.54, 1.807) is 26.6 Å². The second-order valence-corrected chi connectivity index (χ2v) is 7.25. The van der Waals surface area contributed by atoms with E-state index in [-0.39, 0.29) is 11.8 Å². The zero-order valence-electron chi connectivity index (χ0n) is 17.2. The molecular weight excluding hydrogens is 382 g/mol. The second kappa shape index (κ2) is 8.94. The largest absolute Gasteiger partial charge is 0.497 e. The van der Waals surface area contributed by atoms with Crippen LogP contribution in [0.3, 0.4) is 0 Å². The lowest BCUT2D eigenvalue weighted by molar-refractivity contribution is -0.125. The molecule has 0 aliphatic carbocycles. The van der Waals surface area contributed by atoms with Gasteiger partial charge in [-0.25, -0.2) is 9.97 Å². The van der Waals surface area contributed by atoms with Gasteiger partial charge in [-0.15, -0.1) is 0 Å². The van der Waals surface area contributed by atoms with Crippen molar-refractivity contribution in [2.75, 3.05) is 32.2 Å². The maximum atomic E-state index is 12.7. The lowest BCUT2D eigenvalue weighted by atomic mass is 9.95. The highest BCUT2D eigenvalue weighted by Gasteiger charge is 2.25. The molecule has 3 aromatic rings. The average Bonchev–Trinajstić information content (AvgIpc) is 2.82. The summed E-state index contributed by atoms with van der Waals surface area (Å²) in [5, 5.41) is 3.05. The van der Waals surface area contributed by atoms with Crippen molar-refractivity contribution in [3.05, 3.63) is 48.4 Å². The summed E-state index contributed by atoms with van der Waals surface area (Å²) >= 11 is 0. The molecule has 4 rings (SSSR count). The Labute approximate surface area is 175 Å². The highest BCUT2D eigenvalue weighted by atomic mass is 16.5. The molecule has 1 fully saturated rings. The molecule has 3 heterocycles. The minimum absolute atomic E-state index is 0.00828. The van der Waals surface area contributed by atoms with Crippen LogP contribution in [0.2, 0.25) is 0 Å². The van der Waals surface area contributed by atoms with Gasteiger partial charge in [-0.2, -0.15) is 0 Å². The molecule has 0 spiro atoms. The molecule has 0 unspecified atom stereocenters. The smallest absolute Gasteiger partial charge is 0.223 e. The minimum Gasteiger partial charge on any atom is -0.497 e. The van der Waals surface area contributed by atoms with Gasteiger partial charge in [-0.3, -0.25) is 9.78 Å². The van der Waals surface area contributed by atoms with Crippen LogP contribution < -0.4 is 19.7 Å². The van der Waals surface area contributed by atoms with Gasteiger partial charge in [-0.05, 0) is 37.1 Å². The number of nitrogens with zero attached hydrogens (tertiary/aromatic N) is 4. The monoisotopic (exact) mass is 407 g/mol. The highest BCUT2D eigenvalue weighted by molar-refractivity contribution is 5.79. The number of nitrogens with one attached hydrogen (secondary N) is 1. The number of carbonyl (C=O) groups excluding carboxylic acids is 1. The van der Waals surface area contributed by atoms with Crippen LogP contribution in [-0.2, 0) is 11.3 Å². The Morgan fingerprint density at radius 1 is 1.10 bits per heavy atom. The van der Waals surface area contributed by atoms with Crippen molar-refractivity contribution in [2.45, 2.75) is 19.4 Å². The number of amides is 1. The molecule has 1 saturated heterocycles. The third-order valence-corrected chi connectivity index (χ3v) is 5.48. The molecule has 0 saturated carbocycles. The van der Waals surface area contributed by atoms with E-state index in [0.717, 1.165) is 54.2 Å². The zero-order chi connectivity index (χ0) is 20.9. The number of rotatable bonds is 6. The average molecular weight is 407 g/mol. The van der Waals surface area contributed by atoms with Crippen LogP contribution in [0.25, 0.3) is 11.2 Å². The summed E-state index contributed by atoms with van der Waals surface area (Å²) in [5.41, 5.74) is 3.33. The van der Waals surface area contributed by atoms with E-state index >= 15 is 0 Å². The van der Waals surface area contributed by atoms with E-state index in [1.807, 2.05) is 30.5 Å². The number of carbonyl (C=O) groups is 1. The molecule has 1 amide bonds. The van der Waals surface area contributed by atoms with Crippen molar-refractivity contribution in [3.8, 4) is 11.5 Å². The summed E-state index contributed by atoms with van der Waals surface area (Å²) < 4.78 is 10.7. The van der Waals surface area contributed by atoms with Crippen LogP contribution in [0.1, 0.15) is 18.4 Å². The Kier molecular flexibility index (Phi) is 5.92. The summed E-state index contributed by atoms with van der Waals surface area (Å²) in [5.74, 6) is 1.54. The molecule has 8 nitrogen and oxygen atoms in total. The third kappa shape index (κ3) is 4.27. The Balaban J connectivity index is 1.34. The van der Waals surface area contributed by atoms with Crippen molar-refractivity contribution in [1.29, 1.82) is 0 Å². The Hall–Kier alpha value is -3.42. The maximum Gasteiger partial charge on any atom is 0.223 e. The van der Waals surface area contributed by atoms with Gasteiger partial charge in [0.2, 0.25) is 5.91 Å². The summed E-state index contributed by atoms with van der Waals surface area (Å²) in [6, 6.07) is 7.58. The number of aromatic nitrogens is 3. The van der Waals surface area contributed by atoms with Crippen LogP contribution in [0.5, 0.6) is 11.5 Å². The lowest BCUT2D eigenvalue weighted by Gasteiger charge is -2.32. The SMILES string of the molecule is COc1ccc(OC)c(CNC(=O)C2CCN(c3cnc4nccnc4c3)CC2)c1. The fourth-order valence-corrected chi connectivity index (χ4v) is 3.77. The van der Waals surface area contributed by atoms with E-state index in [9.17, 15) is 4.79 Å². The zero-order valence-corrected chi connectivity index (χ0v) is 17.2. The second-order valence-electron chi connectivity index (χ2n) is 7.25. The predicted molar refractivity (Wildman–Crippen MR) is 114 cm³/mol. The number of pyridine rings is 1. The van der Waals surface area contributed by atoms with Gasteiger partial charge in [0.1, 0.15) is 17.0 Å². The minimum atomic E-state index is -0.00828. The molecule has 2 aromatic heterocycles. The summed E-state index contributed by atoms with van der Waals surface area (Å²) in [4.78, 5) is 27.9. The predicted octanol–water partition coefficient (Wildman–Crippen LogP) is 2.57. The molecule has 8 heteroatoms. The molecule has 0 bridgehead atoms. The van der Waals surface area contributed by atoms with Gasteiger partial charge in [0.25, 0.3) is 0 Å². The molecule has 0 atom stereocenters. The van der Waals surface area contributed by atoms with E-state index < -0.39 is 0 Å². The first-order valence-corrected chi connectivity index (χ1v) is 9.98. The van der Waals surface area contributed by atoms with Gasteiger partial charge < -0.3 is 19.7 Å². The number of methoxy groups -OCH3 is 2. The summed E-state index contributed by atoms with van der Waals surface area (Å²) in [6.45, 7) is 2.01. The van der Waals surface area contributed by atoms with Crippen LogP contribution in [0, 0.1) is 5.92 Å². The maximum absolute atomic E-state index is 12.7. The van der Waals surface area contributed by atoms with Crippen LogP contribution >= 0.6 is 0 Å². The normalized spacial score (nSPS) is 14.5. The molecule has 1 aliphatic rings. The molecule has 1 aromatic carbocycles. The summed E-state index contributed by atoms with van der Waals surface area (Å²) in [7, 11) is 3.24. The van der Waals surface area contributed by atoms with E-state index in [4.69, 9.17) is 9.47 Å². The van der Waals surface area contributed by atoms with E-state index in [2.05, 4.69) is 25.2 Å². The number of piperidine rings is 1. The van der Waals surface area contributed by atoms with Gasteiger partial charge in [-0.1, -0.05) is 0 Å². The number of anilines is 1. The standard InChI is InChI=1S/C22H25N5O3/c1-29-18-3-4-20(30-2)16(11-18)13-26-22(28)15-5-9-27(10-6-15)17-12-19-21(25-14-17)24-8-7-23-19/h3-4,7-8,11-12,14-15H,5-6,9-10,13H2,1-2H3,(H,26,28).